The van der Waals surface area contributed by atoms with Gasteiger partial charge in [0.2, 0.25) is 0 Å². The molecule has 5 aliphatic carbocycles. The van der Waals surface area contributed by atoms with E-state index < -0.39 is 58.8 Å². The normalized spacial score (nSPS) is 51.9. The number of fused-ring (bicyclic) bond motifs is 2. The molecule has 1 aromatic rings. The number of aliphatic hydroxyl groups excluding tert-OH is 1. The molecule has 1 saturated heterocycles. The third-order valence-corrected chi connectivity index (χ3v) is 12.8. The molecule has 7 rings (SSSR count). The first kappa shape index (κ1) is 29.1. The molecular weight excluding hydrogens is 542 g/mol. The predicted octanol–water partition coefficient (Wildman–Crippen LogP) is 1.11. The van der Waals surface area contributed by atoms with Gasteiger partial charge in [0.25, 0.3) is 0 Å². The van der Waals surface area contributed by atoms with Crippen LogP contribution in [0.4, 0.5) is 0 Å². The molecular formula is C32H45NO9. The van der Waals surface area contributed by atoms with Crippen molar-refractivity contribution in [1.29, 1.82) is 0 Å². The highest BCUT2D eigenvalue weighted by molar-refractivity contribution is 5.89. The molecule has 0 radical (unpaired) electrons. The molecule has 3 N–H and O–H groups in total. The lowest BCUT2D eigenvalue weighted by molar-refractivity contribution is -0.314. The van der Waals surface area contributed by atoms with Crippen molar-refractivity contribution in [1.82, 2.24) is 4.90 Å². The van der Waals surface area contributed by atoms with E-state index >= 15 is 0 Å². The Morgan fingerprint density at radius 1 is 1.02 bits per heavy atom. The topological polar surface area (TPSA) is 127 Å². The number of hydrogen-bond acceptors (Lipinski definition) is 10. The highest BCUT2D eigenvalue weighted by Gasteiger charge is 2.90. The van der Waals surface area contributed by atoms with Crippen LogP contribution in [0, 0.1) is 34.5 Å². The van der Waals surface area contributed by atoms with Gasteiger partial charge in [-0.2, -0.15) is 0 Å². The van der Waals surface area contributed by atoms with Gasteiger partial charge >= 0.3 is 5.97 Å². The smallest absolute Gasteiger partial charge is 0.338 e. The Morgan fingerprint density at radius 2 is 1.76 bits per heavy atom. The number of benzene rings is 1. The first-order chi connectivity index (χ1) is 20.1. The second-order valence-electron chi connectivity index (χ2n) is 13.8. The Labute approximate surface area is 247 Å². The summed E-state index contributed by atoms with van der Waals surface area (Å²) in [6, 6.07) is 8.49. The van der Waals surface area contributed by atoms with E-state index in [1.54, 1.807) is 45.6 Å². The zero-order chi connectivity index (χ0) is 29.8. The molecule has 1 heterocycles. The highest BCUT2D eigenvalue weighted by Crippen LogP contribution is 2.80. The van der Waals surface area contributed by atoms with Gasteiger partial charge in [-0.1, -0.05) is 25.1 Å². The lowest BCUT2D eigenvalue weighted by Crippen LogP contribution is -2.80. The quantitative estimate of drug-likeness (QED) is 0.381. The van der Waals surface area contributed by atoms with Crippen LogP contribution in [0.5, 0.6) is 0 Å². The minimum absolute atomic E-state index is 0.0629. The maximum absolute atomic E-state index is 13.5. The van der Waals surface area contributed by atoms with Crippen LogP contribution in [0.3, 0.4) is 0 Å². The van der Waals surface area contributed by atoms with Crippen molar-refractivity contribution in [3.63, 3.8) is 0 Å². The molecule has 6 fully saturated rings. The summed E-state index contributed by atoms with van der Waals surface area (Å²) >= 11 is 0. The van der Waals surface area contributed by atoms with Crippen LogP contribution in [0.25, 0.3) is 0 Å². The van der Waals surface area contributed by atoms with Gasteiger partial charge in [0, 0.05) is 69.6 Å². The first-order valence-electron chi connectivity index (χ1n) is 15.4. The number of piperidine rings is 1. The average Bonchev–Trinajstić information content (AvgIpc) is 3.38. The zero-order valence-electron chi connectivity index (χ0n) is 25.1. The maximum Gasteiger partial charge on any atom is 0.338 e. The Bertz CT molecular complexity index is 1220. The fourth-order valence-corrected chi connectivity index (χ4v) is 11.9. The van der Waals surface area contributed by atoms with Crippen molar-refractivity contribution in [2.75, 3.05) is 48.1 Å². The van der Waals surface area contributed by atoms with Crippen molar-refractivity contribution >= 4 is 5.97 Å². The highest BCUT2D eigenvalue weighted by atomic mass is 16.6. The summed E-state index contributed by atoms with van der Waals surface area (Å²) < 4.78 is 30.8. The molecule has 10 heteroatoms. The number of aliphatic hydroxyl groups is 3. The molecule has 1 aliphatic heterocycles. The Kier molecular flexibility index (Phi) is 6.71. The van der Waals surface area contributed by atoms with Gasteiger partial charge in [0.1, 0.15) is 29.5 Å². The minimum atomic E-state index is -1.77. The van der Waals surface area contributed by atoms with Crippen LogP contribution in [0.1, 0.15) is 36.5 Å². The number of likely N-dealkylation sites (tertiary alicyclic amines) is 1. The molecule has 1 aromatic carbocycles. The molecule has 14 atom stereocenters. The van der Waals surface area contributed by atoms with Crippen LogP contribution < -0.4 is 0 Å². The van der Waals surface area contributed by atoms with Crippen LogP contribution in [0.2, 0.25) is 0 Å². The second-order valence-corrected chi connectivity index (χ2v) is 13.8. The van der Waals surface area contributed by atoms with Gasteiger partial charge in [-0.25, -0.2) is 4.79 Å². The van der Waals surface area contributed by atoms with E-state index in [1.807, 2.05) is 6.07 Å². The van der Waals surface area contributed by atoms with Gasteiger partial charge in [-0.3, -0.25) is 4.90 Å². The molecule has 5 saturated carbocycles. The molecule has 232 valence electrons. The third-order valence-electron chi connectivity index (χ3n) is 12.8. The number of ether oxygens (including phenoxy) is 5. The SMILES string of the molecule is CCN1C[C@]2(COC)CCC(OC)[C@@]34[C@@H]5C[C@@]6(O)C(OC)C(O)[C@@](O)([C@H]5C6OC(=O)c5ccccc5)[C@@H](C(OC)[C@H]23)[C@@H]14. The fraction of sp³-hybridized carbons (Fsp3) is 0.781. The van der Waals surface area contributed by atoms with Crippen LogP contribution in [-0.2, 0) is 23.7 Å². The maximum atomic E-state index is 13.5. The summed E-state index contributed by atoms with van der Waals surface area (Å²) in [5, 5.41) is 37.8. The predicted molar refractivity (Wildman–Crippen MR) is 150 cm³/mol. The van der Waals surface area contributed by atoms with Crippen LogP contribution in [0.15, 0.2) is 30.3 Å². The van der Waals surface area contributed by atoms with Gasteiger partial charge in [0.05, 0.1) is 24.4 Å². The standard InChI is InChI=1S/C32H45NO9/c1-6-33-15-29(16-38-2)13-12-19(39-3)31-18-14-30(36)26(42-28(35)17-10-8-7-9-11-17)20(18)32(37,25(34)27(30)41-5)21(24(31)33)22(40-4)23(29)31/h7-11,18-27,34,36-37H,6,12-16H2,1-5H3/t18-,19?,20-,21+,22?,23-,24-,25?,26?,27?,29+,30+,31+,32-/m1/s1. The lowest BCUT2D eigenvalue weighted by Gasteiger charge is -2.69. The zero-order valence-corrected chi connectivity index (χ0v) is 25.1. The second kappa shape index (κ2) is 9.68. The summed E-state index contributed by atoms with van der Waals surface area (Å²) in [6.45, 7) is 4.18. The molecule has 0 aromatic heterocycles. The van der Waals surface area contributed by atoms with Gasteiger partial charge < -0.3 is 39.0 Å². The van der Waals surface area contributed by atoms with Crippen molar-refractivity contribution in [2.45, 2.75) is 73.9 Å². The summed E-state index contributed by atoms with van der Waals surface area (Å²) in [7, 11) is 6.60. The number of esters is 1. The van der Waals surface area contributed by atoms with Gasteiger partial charge in [-0.05, 0) is 43.9 Å². The van der Waals surface area contributed by atoms with Crippen molar-refractivity contribution in [3.8, 4) is 0 Å². The fourth-order valence-electron chi connectivity index (χ4n) is 11.9. The van der Waals surface area contributed by atoms with Crippen LogP contribution >= 0.6 is 0 Å². The van der Waals surface area contributed by atoms with Crippen molar-refractivity contribution < 1.29 is 43.8 Å². The summed E-state index contributed by atoms with van der Waals surface area (Å²) in [5.41, 5.74) is -3.95. The molecule has 5 unspecified atom stereocenters. The van der Waals surface area contributed by atoms with Crippen molar-refractivity contribution in [3.05, 3.63) is 35.9 Å². The first-order valence-corrected chi connectivity index (χ1v) is 15.4. The van der Waals surface area contributed by atoms with E-state index in [0.29, 0.717) is 12.2 Å². The molecule has 0 amide bonds. The minimum Gasteiger partial charge on any atom is -0.455 e. The molecule has 6 aliphatic rings. The number of carbonyl (C=O) groups excluding carboxylic acids is 1. The van der Waals surface area contributed by atoms with Crippen molar-refractivity contribution in [2.24, 2.45) is 34.5 Å². The van der Waals surface area contributed by atoms with Crippen LogP contribution in [-0.4, -0.2) is 122 Å². The van der Waals surface area contributed by atoms with E-state index in [9.17, 15) is 20.1 Å². The van der Waals surface area contributed by atoms with E-state index in [1.165, 1.54) is 7.11 Å². The number of carbonyl (C=O) groups is 1. The summed E-state index contributed by atoms with van der Waals surface area (Å²) in [4.78, 5) is 16.0. The number of hydrogen-bond donors (Lipinski definition) is 3. The number of rotatable bonds is 8. The summed E-state index contributed by atoms with van der Waals surface area (Å²) in [5.74, 6) is -2.29. The Morgan fingerprint density at radius 3 is 2.38 bits per heavy atom. The Hall–Kier alpha value is -1.63. The Balaban J connectivity index is 1.47. The van der Waals surface area contributed by atoms with E-state index in [4.69, 9.17) is 23.7 Å². The molecule has 1 spiro atoms. The molecule has 42 heavy (non-hydrogen) atoms. The third kappa shape index (κ3) is 3.15. The van der Waals surface area contributed by atoms with Gasteiger partial charge in [0.15, 0.2) is 0 Å². The summed E-state index contributed by atoms with van der Waals surface area (Å²) in [6.07, 6.45) is -2.43. The molecule has 10 nitrogen and oxygen atoms in total. The average molecular weight is 588 g/mol. The lowest BCUT2D eigenvalue weighted by atomic mass is 9.43. The van der Waals surface area contributed by atoms with E-state index in [2.05, 4.69) is 11.8 Å². The number of methoxy groups -OCH3 is 4. The van der Waals surface area contributed by atoms with E-state index in [0.717, 1.165) is 25.9 Å². The number of nitrogens with zero attached hydrogens (tertiary/aromatic N) is 1. The largest absolute Gasteiger partial charge is 0.455 e. The molecule has 7 bridgehead atoms. The monoisotopic (exact) mass is 587 g/mol. The van der Waals surface area contributed by atoms with E-state index in [-0.39, 0.29) is 35.8 Å². The van der Waals surface area contributed by atoms with Gasteiger partial charge in [-0.15, -0.1) is 0 Å².